The first kappa shape index (κ1) is 14.6. The van der Waals surface area contributed by atoms with Crippen LogP contribution in [-0.2, 0) is 6.42 Å². The van der Waals surface area contributed by atoms with Gasteiger partial charge in [-0.05, 0) is 43.4 Å². The van der Waals surface area contributed by atoms with Crippen molar-refractivity contribution < 1.29 is 0 Å². The van der Waals surface area contributed by atoms with Gasteiger partial charge in [0.15, 0.2) is 0 Å². The zero-order valence-electron chi connectivity index (χ0n) is 13.3. The number of hydrogen-bond acceptors (Lipinski definition) is 3. The Bertz CT molecular complexity index is 808. The van der Waals surface area contributed by atoms with Crippen molar-refractivity contribution in [2.24, 2.45) is 0 Å². The smallest absolute Gasteiger partial charge is 0.125 e. The molecule has 0 bridgehead atoms. The first-order valence-corrected chi connectivity index (χ1v) is 9.10. The average molecular weight is 320 g/mol. The molecule has 1 aliphatic rings. The molecule has 1 aliphatic carbocycles. The van der Waals surface area contributed by atoms with Crippen molar-refractivity contribution in [2.75, 3.05) is 0 Å². The SMILES string of the molecule is Cc1ccncc1-c1nc2c(s1)CCCCC2c1ccccc1. The maximum absolute atomic E-state index is 5.08. The molecule has 1 aromatic carbocycles. The molecule has 0 fully saturated rings. The molecule has 0 N–H and O–H groups in total. The Morgan fingerprint density at radius 3 is 2.78 bits per heavy atom. The van der Waals surface area contributed by atoms with E-state index in [-0.39, 0.29) is 0 Å². The third-order valence-electron chi connectivity index (χ3n) is 4.68. The largest absolute Gasteiger partial charge is 0.264 e. The van der Waals surface area contributed by atoms with Gasteiger partial charge >= 0.3 is 0 Å². The molecule has 0 aliphatic heterocycles. The molecule has 1 unspecified atom stereocenters. The van der Waals surface area contributed by atoms with E-state index in [0.29, 0.717) is 5.92 Å². The highest BCUT2D eigenvalue weighted by Crippen LogP contribution is 2.40. The molecule has 2 nitrogen and oxygen atoms in total. The fourth-order valence-electron chi connectivity index (χ4n) is 3.40. The van der Waals surface area contributed by atoms with Gasteiger partial charge in [-0.25, -0.2) is 4.98 Å². The molecule has 0 radical (unpaired) electrons. The quantitative estimate of drug-likeness (QED) is 0.593. The van der Waals surface area contributed by atoms with E-state index in [4.69, 9.17) is 4.98 Å². The van der Waals surface area contributed by atoms with Crippen LogP contribution in [0.15, 0.2) is 48.8 Å². The fourth-order valence-corrected chi connectivity index (χ4v) is 4.64. The van der Waals surface area contributed by atoms with Crippen LogP contribution in [0, 0.1) is 6.92 Å². The van der Waals surface area contributed by atoms with E-state index in [0.717, 1.165) is 11.4 Å². The monoisotopic (exact) mass is 320 g/mol. The minimum Gasteiger partial charge on any atom is -0.264 e. The van der Waals surface area contributed by atoms with Gasteiger partial charge in [0.25, 0.3) is 0 Å². The van der Waals surface area contributed by atoms with Gasteiger partial charge in [-0.2, -0.15) is 0 Å². The Kier molecular flexibility index (Phi) is 3.96. The Balaban J connectivity index is 1.80. The summed E-state index contributed by atoms with van der Waals surface area (Å²) in [5.41, 5.74) is 5.13. The van der Waals surface area contributed by atoms with Crippen molar-refractivity contribution in [3.63, 3.8) is 0 Å². The predicted octanol–water partition coefficient (Wildman–Crippen LogP) is 5.37. The summed E-state index contributed by atoms with van der Waals surface area (Å²) in [6, 6.07) is 12.9. The van der Waals surface area contributed by atoms with Crippen LogP contribution in [0.5, 0.6) is 0 Å². The molecule has 0 amide bonds. The van der Waals surface area contributed by atoms with Gasteiger partial charge in [-0.3, -0.25) is 4.98 Å². The van der Waals surface area contributed by atoms with Gasteiger partial charge < -0.3 is 0 Å². The van der Waals surface area contributed by atoms with E-state index < -0.39 is 0 Å². The second-order valence-corrected chi connectivity index (χ2v) is 7.31. The molecule has 23 heavy (non-hydrogen) atoms. The van der Waals surface area contributed by atoms with E-state index in [1.165, 1.54) is 46.5 Å². The molecule has 0 saturated heterocycles. The summed E-state index contributed by atoms with van der Waals surface area (Å²) >= 11 is 1.86. The third kappa shape index (κ3) is 2.81. The van der Waals surface area contributed by atoms with Crippen LogP contribution >= 0.6 is 11.3 Å². The minimum absolute atomic E-state index is 0.440. The summed E-state index contributed by atoms with van der Waals surface area (Å²) in [5, 5.41) is 1.13. The minimum atomic E-state index is 0.440. The molecule has 0 spiro atoms. The number of pyridine rings is 1. The Morgan fingerprint density at radius 1 is 1.09 bits per heavy atom. The average Bonchev–Trinajstić information content (AvgIpc) is 2.90. The van der Waals surface area contributed by atoms with E-state index in [1.54, 1.807) is 0 Å². The molecule has 3 aromatic rings. The highest BCUT2D eigenvalue weighted by atomic mass is 32.1. The van der Waals surface area contributed by atoms with Gasteiger partial charge in [0.1, 0.15) is 5.01 Å². The maximum atomic E-state index is 5.08. The molecule has 1 atom stereocenters. The summed E-state index contributed by atoms with van der Waals surface area (Å²) < 4.78 is 0. The number of thiazole rings is 1. The van der Waals surface area contributed by atoms with Crippen LogP contribution in [-0.4, -0.2) is 9.97 Å². The number of rotatable bonds is 2. The molecule has 0 saturated carbocycles. The topological polar surface area (TPSA) is 25.8 Å². The second-order valence-electron chi connectivity index (χ2n) is 6.23. The number of aromatic nitrogens is 2. The van der Waals surface area contributed by atoms with Crippen LogP contribution < -0.4 is 0 Å². The number of benzene rings is 1. The number of fused-ring (bicyclic) bond motifs is 1. The lowest BCUT2D eigenvalue weighted by molar-refractivity contribution is 0.651. The lowest BCUT2D eigenvalue weighted by Crippen LogP contribution is -2.02. The highest BCUT2D eigenvalue weighted by Gasteiger charge is 2.25. The molecule has 3 heteroatoms. The van der Waals surface area contributed by atoms with Crippen LogP contribution in [0.25, 0.3) is 10.6 Å². The van der Waals surface area contributed by atoms with Crippen molar-refractivity contribution in [1.82, 2.24) is 9.97 Å². The number of nitrogens with zero attached hydrogens (tertiary/aromatic N) is 2. The summed E-state index contributed by atoms with van der Waals surface area (Å²) in [6.45, 7) is 2.14. The van der Waals surface area contributed by atoms with Crippen LogP contribution in [0.3, 0.4) is 0 Å². The van der Waals surface area contributed by atoms with Crippen molar-refractivity contribution in [2.45, 2.75) is 38.5 Å². The molecule has 116 valence electrons. The molecule has 4 rings (SSSR count). The fraction of sp³-hybridized carbons (Fsp3) is 0.300. The lowest BCUT2D eigenvalue weighted by atomic mass is 9.92. The molecular weight excluding hydrogens is 300 g/mol. The van der Waals surface area contributed by atoms with Crippen LogP contribution in [0.1, 0.15) is 46.9 Å². The number of aryl methyl sites for hydroxylation is 2. The standard InChI is InChI=1S/C20H20N2S/c1-14-11-12-21-13-17(14)20-22-19-16(15-7-3-2-4-8-15)9-5-6-10-18(19)23-20/h2-4,7-8,11-13,16H,5-6,9-10H2,1H3. The Hall–Kier alpha value is -2.00. The normalized spacial score (nSPS) is 17.5. The van der Waals surface area contributed by atoms with E-state index in [1.807, 2.05) is 23.7 Å². The third-order valence-corrected chi connectivity index (χ3v) is 5.84. The highest BCUT2D eigenvalue weighted by molar-refractivity contribution is 7.15. The summed E-state index contributed by atoms with van der Waals surface area (Å²) in [7, 11) is 0. The summed E-state index contributed by atoms with van der Waals surface area (Å²) in [4.78, 5) is 10.8. The van der Waals surface area contributed by atoms with Crippen molar-refractivity contribution in [1.29, 1.82) is 0 Å². The van der Waals surface area contributed by atoms with E-state index in [9.17, 15) is 0 Å². The van der Waals surface area contributed by atoms with E-state index >= 15 is 0 Å². The first-order valence-electron chi connectivity index (χ1n) is 8.28. The van der Waals surface area contributed by atoms with Crippen molar-refractivity contribution in [3.8, 4) is 10.6 Å². The van der Waals surface area contributed by atoms with Gasteiger partial charge in [0.2, 0.25) is 0 Å². The zero-order valence-corrected chi connectivity index (χ0v) is 14.1. The van der Waals surface area contributed by atoms with E-state index in [2.05, 4.69) is 48.3 Å². The van der Waals surface area contributed by atoms with Gasteiger partial charge in [-0.1, -0.05) is 36.8 Å². The summed E-state index contributed by atoms with van der Waals surface area (Å²) in [6.07, 6.45) is 8.71. The number of hydrogen-bond donors (Lipinski definition) is 0. The van der Waals surface area contributed by atoms with Gasteiger partial charge in [0, 0.05) is 28.8 Å². The Morgan fingerprint density at radius 2 is 1.96 bits per heavy atom. The molecular formula is C20H20N2S. The lowest BCUT2D eigenvalue weighted by Gasteiger charge is -2.14. The first-order chi connectivity index (χ1) is 11.3. The van der Waals surface area contributed by atoms with Gasteiger partial charge in [0.05, 0.1) is 5.69 Å². The van der Waals surface area contributed by atoms with Crippen LogP contribution in [0.2, 0.25) is 0 Å². The predicted molar refractivity (Wildman–Crippen MR) is 95.9 cm³/mol. The second kappa shape index (κ2) is 6.25. The van der Waals surface area contributed by atoms with Gasteiger partial charge in [-0.15, -0.1) is 11.3 Å². The summed E-state index contributed by atoms with van der Waals surface area (Å²) in [5.74, 6) is 0.440. The maximum Gasteiger partial charge on any atom is 0.125 e. The van der Waals surface area contributed by atoms with Crippen molar-refractivity contribution in [3.05, 3.63) is 70.5 Å². The zero-order chi connectivity index (χ0) is 15.6. The van der Waals surface area contributed by atoms with Crippen molar-refractivity contribution >= 4 is 11.3 Å². The van der Waals surface area contributed by atoms with Crippen LogP contribution in [0.4, 0.5) is 0 Å². The Labute approximate surface area is 141 Å². The molecule has 2 aromatic heterocycles. The molecule has 2 heterocycles.